The molecule has 54 heavy (non-hydrogen) atoms. The van der Waals surface area contributed by atoms with E-state index in [0.29, 0.717) is 38.8 Å². The number of hydrogen-bond acceptors (Lipinski definition) is 5. The van der Waals surface area contributed by atoms with Crippen LogP contribution in [-0.4, -0.2) is 19.5 Å². The normalized spacial score (nSPS) is 18.2. The monoisotopic (exact) mass is 710 g/mol. The first kappa shape index (κ1) is 18.1. The number of nitrogens with zero attached hydrogens (tertiary/aromatic N) is 4. The smallest absolute Gasteiger partial charge is 0.238 e. The van der Waals surface area contributed by atoms with E-state index >= 15 is 0 Å². The van der Waals surface area contributed by atoms with Gasteiger partial charge in [0.25, 0.3) is 0 Å². The summed E-state index contributed by atoms with van der Waals surface area (Å²) < 4.78 is 160. The molecule has 0 aliphatic heterocycles. The lowest BCUT2D eigenvalue weighted by atomic mass is 9.81. The molecule has 1 aliphatic rings. The number of furan rings is 2. The molecule has 254 valence electrons. The molecule has 0 radical (unpaired) electrons. The van der Waals surface area contributed by atoms with E-state index in [4.69, 9.17) is 32.0 Å². The van der Waals surface area contributed by atoms with Gasteiger partial charge in [-0.1, -0.05) is 123 Å². The van der Waals surface area contributed by atoms with Gasteiger partial charge in [0, 0.05) is 51.5 Å². The Morgan fingerprint density at radius 3 is 2.20 bits per heavy atom. The van der Waals surface area contributed by atoms with Gasteiger partial charge in [0.2, 0.25) is 5.95 Å². The zero-order valence-corrected chi connectivity index (χ0v) is 27.7. The van der Waals surface area contributed by atoms with Crippen molar-refractivity contribution in [3.63, 3.8) is 0 Å². The number of rotatable bonds is 3. The summed E-state index contributed by atoms with van der Waals surface area (Å²) in [5, 5.41) is 2.17. The maximum Gasteiger partial charge on any atom is 0.238 e. The summed E-state index contributed by atoms with van der Waals surface area (Å²) >= 11 is 0. The Balaban J connectivity index is 1.32. The van der Waals surface area contributed by atoms with Gasteiger partial charge in [-0.05, 0) is 58.6 Å². The molecule has 11 aromatic rings. The maximum absolute atomic E-state index is 9.63. The predicted molar refractivity (Wildman–Crippen MR) is 217 cm³/mol. The molecule has 0 N–H and O–H groups in total. The summed E-state index contributed by atoms with van der Waals surface area (Å²) in [7, 11) is 0. The van der Waals surface area contributed by atoms with Crippen molar-refractivity contribution >= 4 is 65.7 Å². The summed E-state index contributed by atoms with van der Waals surface area (Å²) in [6, 6.07) is 17.0. The van der Waals surface area contributed by atoms with E-state index in [2.05, 4.69) is 0 Å². The molecular formula is C48H30N4O2. The number of fused-ring (bicyclic) bond motifs is 13. The van der Waals surface area contributed by atoms with Crippen LogP contribution in [0.3, 0.4) is 0 Å². The highest BCUT2D eigenvalue weighted by Crippen LogP contribution is 2.53. The van der Waals surface area contributed by atoms with Crippen molar-refractivity contribution in [3.05, 3.63) is 156 Å². The summed E-state index contributed by atoms with van der Waals surface area (Å²) in [5.74, 6) is -0.569. The number of hydrogen-bond donors (Lipinski definition) is 0. The molecular weight excluding hydrogens is 665 g/mol. The highest BCUT2D eigenvalue weighted by molar-refractivity contribution is 6.13. The van der Waals surface area contributed by atoms with Crippen molar-refractivity contribution < 1.29 is 30.8 Å². The van der Waals surface area contributed by atoms with Gasteiger partial charge in [-0.25, -0.2) is 4.98 Å². The van der Waals surface area contributed by atoms with Crippen LogP contribution in [0, 0.1) is 0 Å². The van der Waals surface area contributed by atoms with Crippen LogP contribution < -0.4 is 0 Å². The van der Waals surface area contributed by atoms with Crippen LogP contribution in [-0.2, 0) is 5.41 Å². The van der Waals surface area contributed by atoms with E-state index in [9.17, 15) is 13.7 Å². The molecule has 12 rings (SSSR count). The Morgan fingerprint density at radius 2 is 1.31 bits per heavy atom. The summed E-state index contributed by atoms with van der Waals surface area (Å²) in [6.45, 7) is -7.44. The summed E-state index contributed by atoms with van der Waals surface area (Å²) in [6.07, 6.45) is 0. The third-order valence-corrected chi connectivity index (χ3v) is 10.2. The van der Waals surface area contributed by atoms with Crippen molar-refractivity contribution in [1.29, 1.82) is 0 Å². The summed E-state index contributed by atoms with van der Waals surface area (Å²) in [5.41, 5.74) is -4.61. The molecule has 0 unspecified atom stereocenters. The molecule has 6 heteroatoms. The van der Waals surface area contributed by atoms with Crippen molar-refractivity contribution in [2.45, 2.75) is 19.1 Å². The molecule has 0 saturated heterocycles. The van der Waals surface area contributed by atoms with Gasteiger partial charge >= 0.3 is 0 Å². The largest absolute Gasteiger partial charge is 0.456 e. The van der Waals surface area contributed by atoms with E-state index in [-0.39, 0.29) is 11.6 Å². The van der Waals surface area contributed by atoms with Gasteiger partial charge in [0.1, 0.15) is 22.3 Å². The lowest BCUT2D eigenvalue weighted by Gasteiger charge is -2.23. The topological polar surface area (TPSA) is 69.9 Å². The van der Waals surface area contributed by atoms with Crippen molar-refractivity contribution in [2.75, 3.05) is 0 Å². The van der Waals surface area contributed by atoms with Crippen molar-refractivity contribution in [2.24, 2.45) is 0 Å². The average molecular weight is 711 g/mol. The zero-order valence-electron chi connectivity index (χ0n) is 43.7. The van der Waals surface area contributed by atoms with Crippen LogP contribution in [0.15, 0.2) is 154 Å². The molecule has 4 heterocycles. The fraction of sp³-hybridized carbons (Fsp3) is 0.0625. The van der Waals surface area contributed by atoms with Gasteiger partial charge in [-0.3, -0.25) is 4.57 Å². The molecule has 0 spiro atoms. The van der Waals surface area contributed by atoms with Gasteiger partial charge in [0.15, 0.2) is 11.6 Å². The molecule has 4 aromatic heterocycles. The first-order valence-corrected chi connectivity index (χ1v) is 17.0. The maximum atomic E-state index is 9.63. The van der Waals surface area contributed by atoms with Crippen LogP contribution in [0.2, 0.25) is 0 Å². The van der Waals surface area contributed by atoms with Gasteiger partial charge in [-0.2, -0.15) is 9.97 Å². The lowest BCUT2D eigenvalue weighted by molar-refractivity contribution is 0.663. The second kappa shape index (κ2) is 10.5. The highest BCUT2D eigenvalue weighted by Gasteiger charge is 2.38. The van der Waals surface area contributed by atoms with Gasteiger partial charge < -0.3 is 8.83 Å². The molecule has 0 fully saturated rings. The Hall–Kier alpha value is -7.05. The van der Waals surface area contributed by atoms with E-state index in [1.54, 1.807) is 30.3 Å². The minimum absolute atomic E-state index is 0.0491. The highest BCUT2D eigenvalue weighted by atomic mass is 16.3. The summed E-state index contributed by atoms with van der Waals surface area (Å²) in [4.78, 5) is 14.8. The minimum atomic E-state index is -3.72. The molecule has 0 atom stereocenters. The quantitative estimate of drug-likeness (QED) is 0.183. The van der Waals surface area contributed by atoms with E-state index in [1.807, 2.05) is 54.6 Å². The Labute approximate surface area is 331 Å². The molecule has 0 bridgehead atoms. The Kier molecular flexibility index (Phi) is 3.53. The molecule has 0 saturated carbocycles. The van der Waals surface area contributed by atoms with Crippen LogP contribution in [0.4, 0.5) is 0 Å². The fourth-order valence-corrected chi connectivity index (χ4v) is 7.82. The Morgan fingerprint density at radius 1 is 0.574 bits per heavy atom. The second-order valence-corrected chi connectivity index (χ2v) is 13.2. The molecule has 1 aliphatic carbocycles. The minimum Gasteiger partial charge on any atom is -0.456 e. The van der Waals surface area contributed by atoms with E-state index < -0.39 is 130 Å². The molecule has 0 amide bonds. The van der Waals surface area contributed by atoms with Crippen LogP contribution in [0.1, 0.15) is 46.8 Å². The van der Waals surface area contributed by atoms with Crippen molar-refractivity contribution in [1.82, 2.24) is 19.5 Å². The third-order valence-electron chi connectivity index (χ3n) is 10.2. The van der Waals surface area contributed by atoms with Gasteiger partial charge in [0.05, 0.1) is 30.3 Å². The molecule has 7 aromatic carbocycles. The standard InChI is InChI=1S/C48H30N4O2/c1-48(2)37-18-7-3-12-28(37)33-24-25-34-29-13-4-8-19-38(29)52(43(34)42(33)48)47-50-45(27-22-23-32-30-14-5-9-20-39(30)53-41(32)26-27)49-46(51-47)36-17-11-16-35-31-15-6-10-21-40(31)54-44(35)36/h3-26H,1-2H3/i1D3,2D3,3D,4D,7D,8D,12D,13D,18D,19D,24D,25D. The number of benzene rings is 7. The van der Waals surface area contributed by atoms with Crippen molar-refractivity contribution in [3.8, 4) is 39.9 Å². The molecule has 6 nitrogen and oxygen atoms in total. The first-order valence-electron chi connectivity index (χ1n) is 25.0. The third kappa shape index (κ3) is 3.91. The van der Waals surface area contributed by atoms with Crippen LogP contribution in [0.5, 0.6) is 0 Å². The van der Waals surface area contributed by atoms with Crippen LogP contribution in [0.25, 0.3) is 106 Å². The SMILES string of the molecule is [2H]c1c([2H])c([2H])c2c(c1[2H])-c1c([2H])c([2H])c3c4c([2H])c([2H])c([2H])c([2H])c4n(-c4nc(-c5ccc6c(c5)oc5ccccc56)nc(-c5cccc6c5oc5ccccc56)n4)c3c1C2(C([2H])([2H])[2H])C([2H])([2H])[2H]. The van der Waals surface area contributed by atoms with E-state index in [1.165, 1.54) is 0 Å². The van der Waals surface area contributed by atoms with Gasteiger partial charge in [-0.15, -0.1) is 0 Å². The lowest BCUT2D eigenvalue weighted by Crippen LogP contribution is -2.17. The number of para-hydroxylation sites is 4. The number of aromatic nitrogens is 4. The first-order chi connectivity index (χ1) is 33.2. The Bertz CT molecular complexity index is 4180. The predicted octanol–water partition coefficient (Wildman–Crippen LogP) is 12.4. The fourth-order valence-electron chi connectivity index (χ4n) is 7.82. The second-order valence-electron chi connectivity index (χ2n) is 13.2. The zero-order chi connectivity index (χ0) is 49.4. The average Bonchev–Trinajstić information content (AvgIpc) is 4.09. The van der Waals surface area contributed by atoms with Crippen LogP contribution >= 0.6 is 0 Å². The van der Waals surface area contributed by atoms with E-state index in [0.717, 1.165) is 20.7 Å².